The predicted molar refractivity (Wildman–Crippen MR) is 95.9 cm³/mol. The van der Waals surface area contributed by atoms with Gasteiger partial charge >= 0.3 is 6.03 Å². The van der Waals surface area contributed by atoms with Crippen molar-refractivity contribution in [1.29, 1.82) is 0 Å². The van der Waals surface area contributed by atoms with Crippen LogP contribution in [0.15, 0.2) is 48.5 Å². The maximum absolute atomic E-state index is 12.1. The number of carbonyl (C=O) groups is 1. The number of anilines is 1. The predicted octanol–water partition coefficient (Wildman–Crippen LogP) is 3.85. The Hall–Kier alpha value is -2.69. The Bertz CT molecular complexity index is 659. The van der Waals surface area contributed by atoms with Gasteiger partial charge < -0.3 is 20.1 Å². The average Bonchev–Trinajstić information content (AvgIpc) is 2.61. The molecule has 0 spiro atoms. The largest absolute Gasteiger partial charge is 0.497 e. The summed E-state index contributed by atoms with van der Waals surface area (Å²) in [7, 11) is 3.14. The summed E-state index contributed by atoms with van der Waals surface area (Å²) in [6.07, 6.45) is 1.80. The van der Waals surface area contributed by atoms with Gasteiger partial charge in [0.1, 0.15) is 11.5 Å². The molecule has 0 aliphatic rings. The number of urea groups is 1. The van der Waals surface area contributed by atoms with Crippen LogP contribution in [0, 0.1) is 0 Å². The number of aryl methyl sites for hydroxylation is 1. The van der Waals surface area contributed by atoms with Crippen molar-refractivity contribution in [3.05, 3.63) is 54.1 Å². The number of rotatable bonds is 7. The Morgan fingerprint density at radius 2 is 1.83 bits per heavy atom. The molecule has 0 unspecified atom stereocenters. The van der Waals surface area contributed by atoms with Crippen molar-refractivity contribution in [2.45, 2.75) is 25.8 Å². The van der Waals surface area contributed by atoms with E-state index in [0.29, 0.717) is 17.2 Å². The van der Waals surface area contributed by atoms with Crippen molar-refractivity contribution in [2.75, 3.05) is 19.5 Å². The summed E-state index contributed by atoms with van der Waals surface area (Å²) in [6.45, 7) is 1.99. The van der Waals surface area contributed by atoms with Crippen LogP contribution in [0.4, 0.5) is 10.5 Å². The molecule has 0 saturated carbocycles. The Morgan fingerprint density at radius 1 is 1.08 bits per heavy atom. The van der Waals surface area contributed by atoms with Gasteiger partial charge in [0, 0.05) is 12.1 Å². The summed E-state index contributed by atoms with van der Waals surface area (Å²) >= 11 is 0. The van der Waals surface area contributed by atoms with Gasteiger partial charge in [-0.1, -0.05) is 30.3 Å². The standard InChI is InChI=1S/C19H24N2O3/c1-14(9-10-15-7-5-4-6-8-15)20-19(22)21-17-12-11-16(23-2)13-18(17)24-3/h4-8,11-14H,9-10H2,1-3H3,(H2,20,21,22)/t14-/m1/s1. The molecule has 2 N–H and O–H groups in total. The van der Waals surface area contributed by atoms with Gasteiger partial charge in [0.25, 0.3) is 0 Å². The van der Waals surface area contributed by atoms with Crippen molar-refractivity contribution < 1.29 is 14.3 Å². The molecule has 1 atom stereocenters. The Kier molecular flexibility index (Phi) is 6.49. The molecule has 0 aromatic heterocycles. The molecule has 0 radical (unpaired) electrons. The van der Waals surface area contributed by atoms with Crippen molar-refractivity contribution in [2.24, 2.45) is 0 Å². The summed E-state index contributed by atoms with van der Waals surface area (Å²) in [5, 5.41) is 5.75. The van der Waals surface area contributed by atoms with Crippen LogP contribution in [0.25, 0.3) is 0 Å². The van der Waals surface area contributed by atoms with Gasteiger partial charge in [-0.2, -0.15) is 0 Å². The summed E-state index contributed by atoms with van der Waals surface area (Å²) < 4.78 is 10.4. The summed E-state index contributed by atoms with van der Waals surface area (Å²) in [6, 6.07) is 15.3. The van der Waals surface area contributed by atoms with Gasteiger partial charge in [-0.3, -0.25) is 0 Å². The third-order valence-corrected chi connectivity index (χ3v) is 3.74. The van der Waals surface area contributed by atoms with E-state index in [-0.39, 0.29) is 12.1 Å². The second kappa shape index (κ2) is 8.82. The highest BCUT2D eigenvalue weighted by molar-refractivity contribution is 5.91. The molecule has 0 heterocycles. The lowest BCUT2D eigenvalue weighted by Gasteiger charge is -2.16. The van der Waals surface area contributed by atoms with Crippen LogP contribution in [0.5, 0.6) is 11.5 Å². The van der Waals surface area contributed by atoms with Crippen LogP contribution in [0.2, 0.25) is 0 Å². The third kappa shape index (κ3) is 5.19. The molecule has 2 amide bonds. The van der Waals surface area contributed by atoms with Crippen LogP contribution in [0.1, 0.15) is 18.9 Å². The van der Waals surface area contributed by atoms with Gasteiger partial charge in [-0.05, 0) is 37.5 Å². The summed E-state index contributed by atoms with van der Waals surface area (Å²) in [4.78, 5) is 12.1. The number of nitrogens with one attached hydrogen (secondary N) is 2. The Balaban J connectivity index is 1.86. The minimum Gasteiger partial charge on any atom is -0.497 e. The van der Waals surface area contributed by atoms with Crippen LogP contribution >= 0.6 is 0 Å². The lowest BCUT2D eigenvalue weighted by Crippen LogP contribution is -2.36. The number of benzene rings is 2. The van der Waals surface area contributed by atoms with Crippen molar-refractivity contribution in [3.8, 4) is 11.5 Å². The maximum atomic E-state index is 12.1. The number of ether oxygens (including phenoxy) is 2. The number of carbonyl (C=O) groups excluding carboxylic acids is 1. The van der Waals surface area contributed by atoms with E-state index in [1.807, 2.05) is 25.1 Å². The van der Waals surface area contributed by atoms with E-state index in [1.54, 1.807) is 32.4 Å². The first-order valence-corrected chi connectivity index (χ1v) is 7.96. The summed E-state index contributed by atoms with van der Waals surface area (Å²) in [5.74, 6) is 1.23. The number of amides is 2. The zero-order valence-electron chi connectivity index (χ0n) is 14.3. The average molecular weight is 328 g/mol. The lowest BCUT2D eigenvalue weighted by atomic mass is 10.1. The van der Waals surface area contributed by atoms with E-state index >= 15 is 0 Å². The highest BCUT2D eigenvalue weighted by Gasteiger charge is 2.11. The molecule has 5 nitrogen and oxygen atoms in total. The van der Waals surface area contributed by atoms with Gasteiger partial charge in [0.15, 0.2) is 0 Å². The smallest absolute Gasteiger partial charge is 0.319 e. The molecule has 0 aliphatic heterocycles. The van der Waals surface area contributed by atoms with E-state index in [0.717, 1.165) is 12.8 Å². The molecule has 2 rings (SSSR count). The zero-order valence-corrected chi connectivity index (χ0v) is 14.3. The van der Waals surface area contributed by atoms with Gasteiger partial charge in [-0.15, -0.1) is 0 Å². The first-order valence-electron chi connectivity index (χ1n) is 7.96. The fourth-order valence-corrected chi connectivity index (χ4v) is 2.38. The first-order chi connectivity index (χ1) is 11.6. The SMILES string of the molecule is COc1ccc(NC(=O)N[C@H](C)CCc2ccccc2)c(OC)c1. The molecule has 0 saturated heterocycles. The fourth-order valence-electron chi connectivity index (χ4n) is 2.38. The van der Waals surface area contributed by atoms with Gasteiger partial charge in [0.05, 0.1) is 19.9 Å². The van der Waals surface area contributed by atoms with Crippen molar-refractivity contribution in [1.82, 2.24) is 5.32 Å². The van der Waals surface area contributed by atoms with E-state index in [1.165, 1.54) is 5.56 Å². The number of hydrogen-bond donors (Lipinski definition) is 2. The minimum absolute atomic E-state index is 0.0643. The van der Waals surface area contributed by atoms with E-state index in [4.69, 9.17) is 9.47 Å². The molecular formula is C19H24N2O3. The van der Waals surface area contributed by atoms with Gasteiger partial charge in [-0.25, -0.2) is 4.79 Å². The Labute approximate surface area is 143 Å². The summed E-state index contributed by atoms with van der Waals surface area (Å²) in [5.41, 5.74) is 1.87. The zero-order chi connectivity index (χ0) is 17.4. The highest BCUT2D eigenvalue weighted by atomic mass is 16.5. The second-order valence-corrected chi connectivity index (χ2v) is 5.59. The highest BCUT2D eigenvalue weighted by Crippen LogP contribution is 2.28. The van der Waals surface area contributed by atoms with Gasteiger partial charge in [0.2, 0.25) is 0 Å². The van der Waals surface area contributed by atoms with E-state index < -0.39 is 0 Å². The monoisotopic (exact) mass is 328 g/mol. The van der Waals surface area contributed by atoms with Crippen molar-refractivity contribution in [3.63, 3.8) is 0 Å². The van der Waals surface area contributed by atoms with Crippen LogP contribution < -0.4 is 20.1 Å². The third-order valence-electron chi connectivity index (χ3n) is 3.74. The normalized spacial score (nSPS) is 11.5. The quantitative estimate of drug-likeness (QED) is 0.812. The van der Waals surface area contributed by atoms with E-state index in [2.05, 4.69) is 22.8 Å². The molecule has 5 heteroatoms. The molecule has 0 fully saturated rings. The molecule has 0 aliphatic carbocycles. The number of methoxy groups -OCH3 is 2. The fraction of sp³-hybridized carbons (Fsp3) is 0.316. The molecule has 24 heavy (non-hydrogen) atoms. The molecule has 0 bridgehead atoms. The second-order valence-electron chi connectivity index (χ2n) is 5.59. The Morgan fingerprint density at radius 3 is 2.50 bits per heavy atom. The van der Waals surface area contributed by atoms with Crippen molar-refractivity contribution >= 4 is 11.7 Å². The van der Waals surface area contributed by atoms with Crippen LogP contribution in [-0.4, -0.2) is 26.3 Å². The number of hydrogen-bond acceptors (Lipinski definition) is 3. The van der Waals surface area contributed by atoms with Crippen LogP contribution in [-0.2, 0) is 6.42 Å². The molecule has 128 valence electrons. The van der Waals surface area contributed by atoms with Crippen LogP contribution in [0.3, 0.4) is 0 Å². The maximum Gasteiger partial charge on any atom is 0.319 e. The van der Waals surface area contributed by atoms with E-state index in [9.17, 15) is 4.79 Å². The molecule has 2 aromatic rings. The minimum atomic E-state index is -0.251. The molecule has 2 aromatic carbocycles. The topological polar surface area (TPSA) is 59.6 Å². The first kappa shape index (κ1) is 17.7. The molecular weight excluding hydrogens is 304 g/mol. The lowest BCUT2D eigenvalue weighted by molar-refractivity contribution is 0.248.